The number of anilines is 2. The highest BCUT2D eigenvalue weighted by Gasteiger charge is 2.51. The van der Waals surface area contributed by atoms with E-state index in [1.165, 1.54) is 4.90 Å². The van der Waals surface area contributed by atoms with Crippen molar-refractivity contribution < 1.29 is 23.2 Å². The lowest BCUT2D eigenvalue weighted by molar-refractivity contribution is -0.132. The first-order valence-electron chi connectivity index (χ1n) is 13.8. The van der Waals surface area contributed by atoms with Crippen molar-refractivity contribution in [1.82, 2.24) is 9.88 Å². The summed E-state index contributed by atoms with van der Waals surface area (Å²) in [4.78, 5) is 50.2. The van der Waals surface area contributed by atoms with Crippen LogP contribution in [0.3, 0.4) is 0 Å². The summed E-state index contributed by atoms with van der Waals surface area (Å²) in [6.45, 7) is 1.13. The van der Waals surface area contributed by atoms with E-state index >= 15 is 0 Å². The molecule has 3 aliphatic rings. The summed E-state index contributed by atoms with van der Waals surface area (Å²) < 4.78 is 28.5. The minimum Gasteiger partial charge on any atom is -0.325 e. The molecule has 10 heteroatoms. The Morgan fingerprint density at radius 2 is 1.70 bits per heavy atom. The maximum Gasteiger partial charge on any atom is 0.275 e. The van der Waals surface area contributed by atoms with Crippen LogP contribution < -0.4 is 10.6 Å². The second kappa shape index (κ2) is 9.65. The molecule has 3 amide bonds. The second-order valence-electron chi connectivity index (χ2n) is 11.2. The SMILES string of the molecule is C[C@]1(c2cc(F)cc(F)c2)N=C(c2ccccc2)C(=O)N1CC(=O)Nc1ccc2c(c1)C[C@@]1(C2)C(=O)Nc2ncccc21. The summed E-state index contributed by atoms with van der Waals surface area (Å²) in [6.07, 6.45) is 2.62. The van der Waals surface area contributed by atoms with Crippen molar-refractivity contribution in [3.8, 4) is 0 Å². The predicted octanol–water partition coefficient (Wildman–Crippen LogP) is 4.49. The normalized spacial score (nSPS) is 21.9. The molecule has 0 saturated heterocycles. The van der Waals surface area contributed by atoms with E-state index in [-0.39, 0.29) is 17.2 Å². The molecule has 0 bridgehead atoms. The fraction of sp³-hybridized carbons (Fsp3) is 0.182. The minimum atomic E-state index is -1.54. The first-order chi connectivity index (χ1) is 20.7. The molecule has 1 spiro atoms. The summed E-state index contributed by atoms with van der Waals surface area (Å²) in [6, 6.07) is 20.9. The Hall–Kier alpha value is -5.25. The second-order valence-corrected chi connectivity index (χ2v) is 11.2. The smallest absolute Gasteiger partial charge is 0.275 e. The van der Waals surface area contributed by atoms with Crippen LogP contribution in [0.4, 0.5) is 20.3 Å². The van der Waals surface area contributed by atoms with Gasteiger partial charge in [-0.05, 0) is 61.2 Å². The van der Waals surface area contributed by atoms with E-state index in [4.69, 9.17) is 0 Å². The Balaban J connectivity index is 1.15. The lowest BCUT2D eigenvalue weighted by Gasteiger charge is -2.33. The van der Waals surface area contributed by atoms with E-state index < -0.39 is 41.1 Å². The number of aliphatic imine (C=N–C) groups is 1. The van der Waals surface area contributed by atoms with Crippen molar-refractivity contribution >= 4 is 34.9 Å². The van der Waals surface area contributed by atoms with Crippen LogP contribution in [0.1, 0.15) is 34.7 Å². The molecule has 0 radical (unpaired) electrons. The monoisotopic (exact) mass is 577 g/mol. The molecule has 0 saturated carbocycles. The summed E-state index contributed by atoms with van der Waals surface area (Å²) in [5, 5.41) is 5.73. The van der Waals surface area contributed by atoms with Gasteiger partial charge >= 0.3 is 0 Å². The maximum absolute atomic E-state index is 14.3. The van der Waals surface area contributed by atoms with E-state index in [0.29, 0.717) is 29.9 Å². The molecule has 2 N–H and O–H groups in total. The van der Waals surface area contributed by atoms with Crippen molar-refractivity contribution in [2.45, 2.75) is 30.8 Å². The number of carbonyl (C=O) groups is 3. The largest absolute Gasteiger partial charge is 0.325 e. The topological polar surface area (TPSA) is 104 Å². The number of halogens is 2. The highest BCUT2D eigenvalue weighted by Crippen LogP contribution is 2.47. The van der Waals surface area contributed by atoms with Crippen LogP contribution in [-0.2, 0) is 38.3 Å². The van der Waals surface area contributed by atoms with Gasteiger partial charge in [-0.3, -0.25) is 19.3 Å². The molecule has 8 nitrogen and oxygen atoms in total. The molecule has 0 fully saturated rings. The number of benzene rings is 3. The van der Waals surface area contributed by atoms with Crippen molar-refractivity contribution in [3.63, 3.8) is 0 Å². The van der Waals surface area contributed by atoms with Gasteiger partial charge in [0, 0.05) is 34.6 Å². The van der Waals surface area contributed by atoms with Gasteiger partial charge < -0.3 is 10.6 Å². The summed E-state index contributed by atoms with van der Waals surface area (Å²) in [5.74, 6) is -2.21. The van der Waals surface area contributed by atoms with Crippen molar-refractivity contribution in [1.29, 1.82) is 0 Å². The Morgan fingerprint density at radius 3 is 2.47 bits per heavy atom. The molecule has 0 unspecified atom stereocenters. The first-order valence-corrected chi connectivity index (χ1v) is 13.8. The van der Waals surface area contributed by atoms with Gasteiger partial charge in [0.15, 0.2) is 5.66 Å². The zero-order valence-corrected chi connectivity index (χ0v) is 23.0. The Kier molecular flexibility index (Phi) is 5.98. The number of hydrogen-bond acceptors (Lipinski definition) is 5. The van der Waals surface area contributed by atoms with Crippen LogP contribution in [0.5, 0.6) is 0 Å². The zero-order chi connectivity index (χ0) is 29.9. The van der Waals surface area contributed by atoms with Crippen molar-refractivity contribution in [2.24, 2.45) is 4.99 Å². The predicted molar refractivity (Wildman–Crippen MR) is 155 cm³/mol. The van der Waals surface area contributed by atoms with E-state index in [0.717, 1.165) is 34.9 Å². The zero-order valence-electron chi connectivity index (χ0n) is 23.0. The average molecular weight is 578 g/mol. The van der Waals surface area contributed by atoms with Crippen molar-refractivity contribution in [2.75, 3.05) is 17.2 Å². The molecule has 2 aliphatic heterocycles. The highest BCUT2D eigenvalue weighted by molar-refractivity contribution is 6.47. The molecule has 1 aromatic heterocycles. The van der Waals surface area contributed by atoms with E-state index in [1.54, 1.807) is 49.5 Å². The minimum absolute atomic E-state index is 0.0907. The quantitative estimate of drug-likeness (QED) is 0.365. The molecule has 3 aromatic carbocycles. The summed E-state index contributed by atoms with van der Waals surface area (Å²) in [7, 11) is 0. The van der Waals surface area contributed by atoms with Gasteiger partial charge in [0.25, 0.3) is 5.91 Å². The Morgan fingerprint density at radius 1 is 0.953 bits per heavy atom. The molecule has 2 atom stereocenters. The molecule has 214 valence electrons. The number of rotatable bonds is 5. The highest BCUT2D eigenvalue weighted by atomic mass is 19.1. The fourth-order valence-electron chi connectivity index (χ4n) is 6.40. The lowest BCUT2D eigenvalue weighted by Crippen LogP contribution is -2.47. The standard InChI is InChI=1S/C33H25F2N5O3/c1-32(22-13-23(34)15-24(35)14-22)39-28(19-6-3-2-4-7-19)30(42)40(32)18-27(41)37-25-10-9-20-16-33(17-21(20)12-25)26-8-5-11-36-29(26)38-31(33)43/h2-15H,16-18H2,1H3,(H,37,41)(H,36,38,43)/t32-,33+/m0/s1. The molecule has 4 aromatic rings. The number of amides is 3. The number of pyridine rings is 1. The van der Waals surface area contributed by atoms with Gasteiger partial charge in [0.05, 0.1) is 5.41 Å². The molecule has 7 rings (SSSR count). The third kappa shape index (κ3) is 4.29. The van der Waals surface area contributed by atoms with Crippen molar-refractivity contribution in [3.05, 3.63) is 125 Å². The number of nitrogens with one attached hydrogen (secondary N) is 2. The van der Waals surface area contributed by atoms with Crippen LogP contribution in [0.25, 0.3) is 0 Å². The molecular weight excluding hydrogens is 552 g/mol. The van der Waals surface area contributed by atoms with E-state index in [2.05, 4.69) is 20.6 Å². The van der Waals surface area contributed by atoms with Crippen LogP contribution in [0, 0.1) is 11.6 Å². The Labute approximate surface area is 245 Å². The van der Waals surface area contributed by atoms with Crippen LogP contribution in [0.2, 0.25) is 0 Å². The van der Waals surface area contributed by atoms with Crippen LogP contribution in [0.15, 0.2) is 90.1 Å². The summed E-state index contributed by atoms with van der Waals surface area (Å²) in [5.41, 5.74) is 1.72. The number of hydrogen-bond donors (Lipinski definition) is 2. The maximum atomic E-state index is 14.3. The first kappa shape index (κ1) is 26.6. The average Bonchev–Trinajstić information content (AvgIpc) is 3.59. The number of fused-ring (bicyclic) bond motifs is 3. The van der Waals surface area contributed by atoms with Gasteiger partial charge in [-0.15, -0.1) is 0 Å². The van der Waals surface area contributed by atoms with Gasteiger partial charge in [0.2, 0.25) is 11.8 Å². The third-order valence-electron chi connectivity index (χ3n) is 8.53. The van der Waals surface area contributed by atoms with Crippen LogP contribution in [-0.4, -0.2) is 39.9 Å². The molecule has 43 heavy (non-hydrogen) atoms. The number of carbonyl (C=O) groups excluding carboxylic acids is 3. The Bertz CT molecular complexity index is 1860. The van der Waals surface area contributed by atoms with Gasteiger partial charge in [-0.2, -0.15) is 0 Å². The summed E-state index contributed by atoms with van der Waals surface area (Å²) >= 11 is 0. The molecular formula is C33H25F2N5O3. The molecule has 1 aliphatic carbocycles. The third-order valence-corrected chi connectivity index (χ3v) is 8.53. The fourth-order valence-corrected chi connectivity index (χ4v) is 6.40. The van der Waals surface area contributed by atoms with Crippen LogP contribution >= 0.6 is 0 Å². The van der Waals surface area contributed by atoms with Gasteiger partial charge in [-0.25, -0.2) is 18.8 Å². The van der Waals surface area contributed by atoms with Gasteiger partial charge in [-0.1, -0.05) is 42.5 Å². The van der Waals surface area contributed by atoms with E-state index in [9.17, 15) is 23.2 Å². The lowest BCUT2D eigenvalue weighted by atomic mass is 9.79. The van der Waals surface area contributed by atoms with Gasteiger partial charge in [0.1, 0.15) is 29.7 Å². The number of aromatic nitrogens is 1. The van der Waals surface area contributed by atoms with E-state index in [1.807, 2.05) is 24.3 Å². The number of nitrogens with zero attached hydrogens (tertiary/aromatic N) is 3. The molecule has 3 heterocycles.